The van der Waals surface area contributed by atoms with E-state index in [1.165, 1.54) is 58.7 Å². The van der Waals surface area contributed by atoms with Crippen LogP contribution >= 0.6 is 0 Å². The number of allylic oxidation sites excluding steroid dienone is 2. The van der Waals surface area contributed by atoms with Crippen LogP contribution in [0.25, 0.3) is 34.4 Å². The standard InChI is InChI=1S/C44H48N2O8/c1-51-41-21-27(11-13-31(41)23-45-39(25-47)43(49)53-3)19-29-15-17-37-33(29)7-5-9-35(37)36-10-6-8-34-30(16-18-38(34)36)20-28-12-14-32(42(22-28)52-2)24-46-40(26-48)44(50)54-4/h5-14,19-22,39-40,45-48H,15-18,23-26H2,1-4H3/b29-19+,30-20+. The molecule has 0 amide bonds. The van der Waals surface area contributed by atoms with Crippen molar-refractivity contribution < 1.29 is 38.7 Å². The monoisotopic (exact) mass is 732 g/mol. The van der Waals surface area contributed by atoms with Crippen molar-refractivity contribution in [1.29, 1.82) is 0 Å². The number of benzene rings is 4. The van der Waals surface area contributed by atoms with Gasteiger partial charge < -0.3 is 29.2 Å². The first-order valence-electron chi connectivity index (χ1n) is 18.2. The van der Waals surface area contributed by atoms with Crippen molar-refractivity contribution in [3.05, 3.63) is 117 Å². The highest BCUT2D eigenvalue weighted by molar-refractivity contribution is 5.93. The molecule has 0 radical (unpaired) electrons. The lowest BCUT2D eigenvalue weighted by atomic mass is 9.91. The molecule has 0 spiro atoms. The predicted molar refractivity (Wildman–Crippen MR) is 210 cm³/mol. The minimum atomic E-state index is -0.807. The molecule has 0 saturated carbocycles. The number of fused-ring (bicyclic) bond motifs is 2. The van der Waals surface area contributed by atoms with Crippen LogP contribution in [0.5, 0.6) is 11.5 Å². The van der Waals surface area contributed by atoms with Crippen molar-refractivity contribution in [3.63, 3.8) is 0 Å². The van der Waals surface area contributed by atoms with Crippen molar-refractivity contribution in [1.82, 2.24) is 10.6 Å². The van der Waals surface area contributed by atoms with Gasteiger partial charge in [0, 0.05) is 24.2 Å². The first-order chi connectivity index (χ1) is 26.3. The maximum absolute atomic E-state index is 11.9. The number of esters is 2. The Balaban J connectivity index is 1.22. The molecule has 2 atom stereocenters. The van der Waals surface area contributed by atoms with Crippen molar-refractivity contribution in [2.24, 2.45) is 0 Å². The van der Waals surface area contributed by atoms with Gasteiger partial charge in [-0.1, -0.05) is 72.8 Å². The number of carbonyl (C=O) groups excluding carboxylic acids is 2. The zero-order chi connectivity index (χ0) is 38.2. The predicted octanol–water partition coefficient (Wildman–Crippen LogP) is 5.59. The number of hydrogen-bond donors (Lipinski definition) is 4. The van der Waals surface area contributed by atoms with Crippen LogP contribution in [0, 0.1) is 0 Å². The number of ether oxygens (including phenoxy) is 4. The van der Waals surface area contributed by atoms with Crippen molar-refractivity contribution in [3.8, 4) is 22.6 Å². The van der Waals surface area contributed by atoms with E-state index in [0.717, 1.165) is 47.9 Å². The fraction of sp³-hybridized carbons (Fsp3) is 0.318. The molecular formula is C44H48N2O8. The Morgan fingerprint density at radius 3 is 1.39 bits per heavy atom. The van der Waals surface area contributed by atoms with Gasteiger partial charge in [-0.05, 0) is 93.5 Å². The molecule has 0 heterocycles. The second kappa shape index (κ2) is 17.7. The van der Waals surface area contributed by atoms with E-state index in [9.17, 15) is 19.8 Å². The number of aliphatic hydroxyl groups is 2. The largest absolute Gasteiger partial charge is 0.496 e. The fourth-order valence-electron chi connectivity index (χ4n) is 7.50. The molecule has 0 aromatic heterocycles. The maximum atomic E-state index is 11.9. The number of nitrogens with one attached hydrogen (secondary N) is 2. The summed E-state index contributed by atoms with van der Waals surface area (Å²) in [5, 5.41) is 25.2. The SMILES string of the molecule is COC(=O)C(CO)NCc1ccc(/C=C2\CCc3c2cccc3-c2cccc3c2CC/C3=C\c2ccc(CNC(CO)C(=O)OC)c(OC)c2)cc1OC. The van der Waals surface area contributed by atoms with Crippen LogP contribution in [-0.2, 0) is 45.0 Å². The highest BCUT2D eigenvalue weighted by Gasteiger charge is 2.25. The second-order valence-corrected chi connectivity index (χ2v) is 13.4. The molecule has 282 valence electrons. The summed E-state index contributed by atoms with van der Waals surface area (Å²) in [6.07, 6.45) is 8.25. The van der Waals surface area contributed by atoms with Gasteiger partial charge in [0.2, 0.25) is 0 Å². The van der Waals surface area contributed by atoms with Crippen LogP contribution in [0.3, 0.4) is 0 Å². The third-order valence-electron chi connectivity index (χ3n) is 10.3. The second-order valence-electron chi connectivity index (χ2n) is 13.4. The molecule has 10 heteroatoms. The third-order valence-corrected chi connectivity index (χ3v) is 10.3. The Bertz CT molecular complexity index is 1920. The minimum absolute atomic E-state index is 0.343. The average Bonchev–Trinajstić information content (AvgIpc) is 3.82. The van der Waals surface area contributed by atoms with Gasteiger partial charge in [-0.15, -0.1) is 0 Å². The van der Waals surface area contributed by atoms with Gasteiger partial charge >= 0.3 is 11.9 Å². The molecule has 2 aliphatic carbocycles. The number of hydrogen-bond acceptors (Lipinski definition) is 10. The Morgan fingerprint density at radius 2 is 1.02 bits per heavy atom. The van der Waals surface area contributed by atoms with Gasteiger partial charge in [0.05, 0.1) is 41.7 Å². The van der Waals surface area contributed by atoms with E-state index in [2.05, 4.69) is 71.3 Å². The zero-order valence-electron chi connectivity index (χ0n) is 31.2. The normalized spacial score (nSPS) is 15.8. The van der Waals surface area contributed by atoms with E-state index in [4.69, 9.17) is 18.9 Å². The minimum Gasteiger partial charge on any atom is -0.496 e. The molecule has 54 heavy (non-hydrogen) atoms. The highest BCUT2D eigenvalue weighted by atomic mass is 16.5. The molecule has 4 N–H and O–H groups in total. The summed E-state index contributed by atoms with van der Waals surface area (Å²) < 4.78 is 20.9. The summed E-state index contributed by atoms with van der Waals surface area (Å²) in [6.45, 7) is -0.0307. The van der Waals surface area contributed by atoms with E-state index in [-0.39, 0.29) is 13.2 Å². The van der Waals surface area contributed by atoms with Crippen LogP contribution in [0.4, 0.5) is 0 Å². The summed E-state index contributed by atoms with van der Waals surface area (Å²) in [5.41, 5.74) is 14.2. The molecule has 2 unspecified atom stereocenters. The topological polar surface area (TPSA) is 136 Å². The fourth-order valence-corrected chi connectivity index (χ4v) is 7.50. The Morgan fingerprint density at radius 1 is 0.611 bits per heavy atom. The molecule has 10 nitrogen and oxygen atoms in total. The molecule has 6 rings (SSSR count). The molecule has 0 saturated heterocycles. The van der Waals surface area contributed by atoms with Gasteiger partial charge in [-0.25, -0.2) is 0 Å². The molecule has 0 bridgehead atoms. The number of rotatable bonds is 15. The van der Waals surface area contributed by atoms with Gasteiger partial charge in [0.1, 0.15) is 23.6 Å². The summed E-state index contributed by atoms with van der Waals surface area (Å²) in [6, 6.07) is 23.7. The van der Waals surface area contributed by atoms with Gasteiger partial charge in [-0.3, -0.25) is 20.2 Å². The Kier molecular flexibility index (Phi) is 12.6. The van der Waals surface area contributed by atoms with Crippen molar-refractivity contribution in [2.75, 3.05) is 41.7 Å². The van der Waals surface area contributed by atoms with E-state index >= 15 is 0 Å². The number of carbonyl (C=O) groups is 2. The summed E-state index contributed by atoms with van der Waals surface area (Å²) in [4.78, 5) is 23.8. The van der Waals surface area contributed by atoms with Crippen LogP contribution in [-0.4, -0.2) is 75.9 Å². The highest BCUT2D eigenvalue weighted by Crippen LogP contribution is 2.44. The quantitative estimate of drug-likeness (QED) is 0.115. The molecule has 0 fully saturated rings. The van der Waals surface area contributed by atoms with Crippen LogP contribution in [0.1, 0.15) is 57.3 Å². The molecule has 2 aliphatic rings. The number of aliphatic hydroxyl groups excluding tert-OH is 2. The Hall–Kier alpha value is -5.26. The van der Waals surface area contributed by atoms with E-state index in [1.54, 1.807) is 14.2 Å². The van der Waals surface area contributed by atoms with Crippen LogP contribution in [0.2, 0.25) is 0 Å². The van der Waals surface area contributed by atoms with Crippen molar-refractivity contribution in [2.45, 2.75) is 50.9 Å². The lowest BCUT2D eigenvalue weighted by Gasteiger charge is -2.16. The first-order valence-corrected chi connectivity index (χ1v) is 18.2. The first kappa shape index (κ1) is 38.5. The van der Waals surface area contributed by atoms with Gasteiger partial charge in [0.15, 0.2) is 0 Å². The molecule has 0 aliphatic heterocycles. The maximum Gasteiger partial charge on any atom is 0.325 e. The third kappa shape index (κ3) is 8.27. The van der Waals surface area contributed by atoms with E-state index in [1.807, 2.05) is 24.3 Å². The summed E-state index contributed by atoms with van der Waals surface area (Å²) in [7, 11) is 5.86. The van der Waals surface area contributed by atoms with Crippen LogP contribution < -0.4 is 20.1 Å². The lowest BCUT2D eigenvalue weighted by molar-refractivity contribution is -0.145. The van der Waals surface area contributed by atoms with Gasteiger partial charge in [-0.2, -0.15) is 0 Å². The van der Waals surface area contributed by atoms with Gasteiger partial charge in [0.25, 0.3) is 0 Å². The van der Waals surface area contributed by atoms with Crippen molar-refractivity contribution >= 4 is 35.2 Å². The van der Waals surface area contributed by atoms with Crippen LogP contribution in [0.15, 0.2) is 72.8 Å². The molecule has 4 aromatic rings. The summed E-state index contributed by atoms with van der Waals surface area (Å²) >= 11 is 0. The average molecular weight is 733 g/mol. The lowest BCUT2D eigenvalue weighted by Crippen LogP contribution is -2.40. The number of methoxy groups -OCH3 is 4. The van der Waals surface area contributed by atoms with E-state index in [0.29, 0.717) is 24.6 Å². The van der Waals surface area contributed by atoms with E-state index < -0.39 is 24.0 Å². The summed E-state index contributed by atoms with van der Waals surface area (Å²) in [5.74, 6) is 0.376. The Labute approximate surface area is 316 Å². The molecule has 4 aromatic carbocycles. The zero-order valence-corrected chi connectivity index (χ0v) is 31.2. The smallest absolute Gasteiger partial charge is 0.325 e. The molecular weight excluding hydrogens is 684 g/mol.